The molecule has 0 radical (unpaired) electrons. The van der Waals surface area contributed by atoms with Crippen LogP contribution >= 0.6 is 11.6 Å². The Labute approximate surface area is 197 Å². The molecule has 2 heterocycles. The third-order valence-corrected chi connectivity index (χ3v) is 6.07. The van der Waals surface area contributed by atoms with Gasteiger partial charge in [0.1, 0.15) is 5.57 Å². The summed E-state index contributed by atoms with van der Waals surface area (Å²) in [6.07, 6.45) is 1.55. The van der Waals surface area contributed by atoms with Crippen molar-refractivity contribution in [2.24, 2.45) is 0 Å². The summed E-state index contributed by atoms with van der Waals surface area (Å²) >= 11 is 5.93. The zero-order valence-corrected chi connectivity index (χ0v) is 19.9. The summed E-state index contributed by atoms with van der Waals surface area (Å²) in [6, 6.07) is 11.7. The van der Waals surface area contributed by atoms with E-state index in [0.29, 0.717) is 10.7 Å². The number of hydrogen-bond acceptors (Lipinski definition) is 3. The summed E-state index contributed by atoms with van der Waals surface area (Å²) in [5.41, 5.74) is 7.37. The molecule has 6 nitrogen and oxygen atoms in total. The summed E-state index contributed by atoms with van der Waals surface area (Å²) in [5.74, 6) is -1.40. The third-order valence-electron chi connectivity index (χ3n) is 5.82. The van der Waals surface area contributed by atoms with Gasteiger partial charge in [-0.25, -0.2) is 9.69 Å². The molecule has 0 saturated carbocycles. The first-order valence-electron chi connectivity index (χ1n) is 10.5. The van der Waals surface area contributed by atoms with E-state index < -0.39 is 17.8 Å². The van der Waals surface area contributed by atoms with Crippen LogP contribution in [0.1, 0.15) is 33.6 Å². The normalized spacial score (nSPS) is 15.4. The topological polar surface area (TPSA) is 71.4 Å². The summed E-state index contributed by atoms with van der Waals surface area (Å²) in [6.45, 7) is 10.1. The molecule has 7 heteroatoms. The van der Waals surface area contributed by atoms with Crippen molar-refractivity contribution in [3.05, 3.63) is 86.7 Å². The Balaban J connectivity index is 1.80. The van der Waals surface area contributed by atoms with Gasteiger partial charge in [-0.1, -0.05) is 29.3 Å². The lowest BCUT2D eigenvalue weighted by Gasteiger charge is -2.26. The molecule has 2 aromatic carbocycles. The molecular weight excluding hydrogens is 438 g/mol. The van der Waals surface area contributed by atoms with E-state index in [1.165, 1.54) is 5.56 Å². The Kier molecular flexibility index (Phi) is 5.72. The first-order valence-corrected chi connectivity index (χ1v) is 10.9. The molecule has 1 saturated heterocycles. The van der Waals surface area contributed by atoms with Gasteiger partial charge < -0.3 is 4.57 Å². The smallest absolute Gasteiger partial charge is 0.317 e. The molecule has 0 atom stereocenters. The summed E-state index contributed by atoms with van der Waals surface area (Å²) < 4.78 is 2.13. The molecule has 168 valence electrons. The molecule has 0 aliphatic carbocycles. The van der Waals surface area contributed by atoms with Gasteiger partial charge in [0.15, 0.2) is 0 Å². The Bertz CT molecular complexity index is 1330. The lowest BCUT2D eigenvalue weighted by molar-refractivity contribution is -0.122. The maximum absolute atomic E-state index is 13.2. The van der Waals surface area contributed by atoms with Crippen molar-refractivity contribution in [2.45, 2.75) is 34.6 Å². The van der Waals surface area contributed by atoms with Crippen LogP contribution in [0.4, 0.5) is 10.5 Å². The number of aromatic nitrogens is 1. The zero-order chi connectivity index (χ0) is 24.0. The van der Waals surface area contributed by atoms with Gasteiger partial charge in [0, 0.05) is 16.4 Å². The summed E-state index contributed by atoms with van der Waals surface area (Å²) in [7, 11) is 0. The largest absolute Gasteiger partial charge is 0.335 e. The number of aryl methyl sites for hydroxylation is 4. The van der Waals surface area contributed by atoms with E-state index in [4.69, 9.17) is 11.6 Å². The molecular formula is C26H24ClN3O3. The fourth-order valence-electron chi connectivity index (χ4n) is 4.44. The Hall–Kier alpha value is -3.64. The minimum absolute atomic E-state index is 0.109. The molecule has 4 amide bonds. The predicted molar refractivity (Wildman–Crippen MR) is 130 cm³/mol. The van der Waals surface area contributed by atoms with Crippen LogP contribution in [0.5, 0.6) is 0 Å². The highest BCUT2D eigenvalue weighted by Crippen LogP contribution is 2.29. The number of benzene rings is 2. The number of nitrogens with one attached hydrogen (secondary N) is 1. The molecule has 1 aliphatic rings. The van der Waals surface area contributed by atoms with E-state index in [9.17, 15) is 14.4 Å². The quantitative estimate of drug-likeness (QED) is 0.422. The number of anilines is 1. The number of barbiturate groups is 1. The molecule has 33 heavy (non-hydrogen) atoms. The van der Waals surface area contributed by atoms with Crippen molar-refractivity contribution in [3.8, 4) is 5.69 Å². The van der Waals surface area contributed by atoms with Crippen molar-refractivity contribution in [2.75, 3.05) is 4.90 Å². The number of carbonyl (C=O) groups excluding carboxylic acids is 3. The van der Waals surface area contributed by atoms with Crippen LogP contribution in [0.3, 0.4) is 0 Å². The van der Waals surface area contributed by atoms with E-state index >= 15 is 0 Å². The maximum atomic E-state index is 13.2. The van der Waals surface area contributed by atoms with Crippen LogP contribution in [-0.2, 0) is 9.59 Å². The lowest BCUT2D eigenvalue weighted by atomic mass is 10.0. The average Bonchev–Trinajstić information content (AvgIpc) is 2.99. The zero-order valence-electron chi connectivity index (χ0n) is 19.1. The van der Waals surface area contributed by atoms with Crippen molar-refractivity contribution in [1.29, 1.82) is 0 Å². The van der Waals surface area contributed by atoms with Gasteiger partial charge in [-0.05, 0) is 87.7 Å². The highest BCUT2D eigenvalue weighted by atomic mass is 35.5. The first kappa shape index (κ1) is 22.6. The van der Waals surface area contributed by atoms with Crippen LogP contribution in [0, 0.1) is 34.6 Å². The van der Waals surface area contributed by atoms with E-state index in [2.05, 4.69) is 42.8 Å². The number of amides is 4. The number of halogens is 1. The Morgan fingerprint density at radius 1 is 0.879 bits per heavy atom. The molecule has 0 bridgehead atoms. The molecule has 3 aromatic rings. The third kappa shape index (κ3) is 3.98. The van der Waals surface area contributed by atoms with E-state index in [1.54, 1.807) is 30.3 Å². The highest BCUT2D eigenvalue weighted by molar-refractivity contribution is 6.39. The van der Waals surface area contributed by atoms with Gasteiger partial charge >= 0.3 is 6.03 Å². The molecule has 1 N–H and O–H groups in total. The molecule has 1 fully saturated rings. The van der Waals surface area contributed by atoms with Gasteiger partial charge in [0.25, 0.3) is 11.8 Å². The SMILES string of the molecule is Cc1cc(C)c(-n2c(C)cc(/C=C3\C(=O)NC(=O)N(c4ccc(Cl)cc4)C3=O)c2C)c(C)c1. The van der Waals surface area contributed by atoms with E-state index in [1.807, 2.05) is 19.9 Å². The van der Waals surface area contributed by atoms with Gasteiger partial charge in [-0.15, -0.1) is 0 Å². The number of urea groups is 1. The average molecular weight is 462 g/mol. The number of imide groups is 2. The highest BCUT2D eigenvalue weighted by Gasteiger charge is 2.37. The van der Waals surface area contributed by atoms with Crippen LogP contribution in [0.2, 0.25) is 5.02 Å². The lowest BCUT2D eigenvalue weighted by Crippen LogP contribution is -2.54. The predicted octanol–water partition coefficient (Wildman–Crippen LogP) is 5.34. The molecule has 0 unspecified atom stereocenters. The fraction of sp³-hybridized carbons (Fsp3) is 0.192. The Morgan fingerprint density at radius 3 is 2.09 bits per heavy atom. The Morgan fingerprint density at radius 2 is 1.48 bits per heavy atom. The second-order valence-corrected chi connectivity index (χ2v) is 8.78. The molecule has 1 aromatic heterocycles. The number of rotatable bonds is 3. The van der Waals surface area contributed by atoms with Crippen molar-refractivity contribution in [1.82, 2.24) is 9.88 Å². The number of carbonyl (C=O) groups is 3. The monoisotopic (exact) mass is 461 g/mol. The van der Waals surface area contributed by atoms with Crippen molar-refractivity contribution in [3.63, 3.8) is 0 Å². The van der Waals surface area contributed by atoms with Crippen molar-refractivity contribution >= 4 is 41.2 Å². The molecule has 4 rings (SSSR count). The fourth-order valence-corrected chi connectivity index (χ4v) is 4.57. The van der Waals surface area contributed by atoms with Crippen LogP contribution in [0.15, 0.2) is 48.0 Å². The van der Waals surface area contributed by atoms with Crippen molar-refractivity contribution < 1.29 is 14.4 Å². The maximum Gasteiger partial charge on any atom is 0.335 e. The molecule has 0 spiro atoms. The van der Waals surface area contributed by atoms with Gasteiger partial charge in [-0.2, -0.15) is 0 Å². The summed E-state index contributed by atoms with van der Waals surface area (Å²) in [5, 5.41) is 2.74. The van der Waals surface area contributed by atoms with Gasteiger partial charge in [0.2, 0.25) is 0 Å². The van der Waals surface area contributed by atoms with Crippen LogP contribution in [-0.4, -0.2) is 22.4 Å². The molecule has 1 aliphatic heterocycles. The van der Waals surface area contributed by atoms with E-state index in [-0.39, 0.29) is 5.57 Å². The first-order chi connectivity index (χ1) is 15.6. The summed E-state index contributed by atoms with van der Waals surface area (Å²) in [4.78, 5) is 39.1. The number of nitrogens with zero attached hydrogens (tertiary/aromatic N) is 2. The number of hydrogen-bond donors (Lipinski definition) is 1. The minimum Gasteiger partial charge on any atom is -0.317 e. The minimum atomic E-state index is -0.791. The second kappa shape index (κ2) is 8.37. The van der Waals surface area contributed by atoms with Crippen LogP contribution < -0.4 is 10.2 Å². The van der Waals surface area contributed by atoms with Gasteiger partial charge in [-0.3, -0.25) is 14.9 Å². The standard InChI is InChI=1S/C26H24ClN3O3/c1-14-10-15(2)23(16(3)11-14)29-17(4)12-19(18(29)5)13-22-24(31)28-26(33)30(25(22)32)21-8-6-20(27)7-9-21/h6-13H,1-5H3,(H,28,31,33)/b22-13+. The van der Waals surface area contributed by atoms with Crippen LogP contribution in [0.25, 0.3) is 11.8 Å². The van der Waals surface area contributed by atoms with E-state index in [0.717, 1.165) is 38.7 Å². The van der Waals surface area contributed by atoms with Gasteiger partial charge in [0.05, 0.1) is 11.4 Å². The second-order valence-electron chi connectivity index (χ2n) is 8.34.